The number of rotatable bonds is 2. The Morgan fingerprint density at radius 1 is 1.11 bits per heavy atom. The number of hydrogen-bond donors (Lipinski definition) is 3. The van der Waals surface area contributed by atoms with E-state index in [4.69, 9.17) is 0 Å². The van der Waals surface area contributed by atoms with Crippen molar-refractivity contribution in [3.63, 3.8) is 0 Å². The molecule has 1 aromatic carbocycles. The van der Waals surface area contributed by atoms with Gasteiger partial charge in [-0.05, 0) is 24.3 Å². The molecule has 4 aromatic rings. The SMILES string of the molecule is c1nc(Nc2ccc3[nH]ncc3c2)c2cc[nH]c2n1. The van der Waals surface area contributed by atoms with Crippen LogP contribution < -0.4 is 5.32 Å². The van der Waals surface area contributed by atoms with Gasteiger partial charge in [0.2, 0.25) is 0 Å². The third kappa shape index (κ3) is 1.61. The van der Waals surface area contributed by atoms with Crippen LogP contribution in [0.3, 0.4) is 0 Å². The van der Waals surface area contributed by atoms with E-state index in [0.29, 0.717) is 0 Å². The summed E-state index contributed by atoms with van der Waals surface area (Å²) in [5.74, 6) is 0.786. The molecule has 0 saturated carbocycles. The predicted octanol–water partition coefficient (Wildman–Crippen LogP) is 2.58. The third-order valence-corrected chi connectivity index (χ3v) is 3.06. The number of fused-ring (bicyclic) bond motifs is 2. The van der Waals surface area contributed by atoms with Gasteiger partial charge in [0, 0.05) is 17.3 Å². The number of aromatic amines is 2. The molecule has 0 aliphatic carbocycles. The Balaban J connectivity index is 1.79. The molecule has 0 atom stereocenters. The zero-order valence-electron chi connectivity index (χ0n) is 9.88. The van der Waals surface area contributed by atoms with Crippen LogP contribution in [0.2, 0.25) is 0 Å². The minimum absolute atomic E-state index is 0.786. The van der Waals surface area contributed by atoms with Crippen LogP contribution in [-0.2, 0) is 0 Å². The Kier molecular flexibility index (Phi) is 2.02. The first kappa shape index (κ1) is 10.1. The molecule has 6 heteroatoms. The monoisotopic (exact) mass is 250 g/mol. The topological polar surface area (TPSA) is 82.3 Å². The zero-order chi connectivity index (χ0) is 12.7. The molecule has 0 amide bonds. The van der Waals surface area contributed by atoms with Gasteiger partial charge in [-0.15, -0.1) is 0 Å². The van der Waals surface area contributed by atoms with Gasteiger partial charge in [0.25, 0.3) is 0 Å². The van der Waals surface area contributed by atoms with Gasteiger partial charge in [0.05, 0.1) is 17.1 Å². The van der Waals surface area contributed by atoms with E-state index in [1.807, 2.05) is 30.5 Å². The summed E-state index contributed by atoms with van der Waals surface area (Å²) in [5.41, 5.74) is 2.80. The molecule has 3 N–H and O–H groups in total. The van der Waals surface area contributed by atoms with E-state index in [9.17, 15) is 0 Å². The first-order chi connectivity index (χ1) is 9.40. The molecule has 19 heavy (non-hydrogen) atoms. The van der Waals surface area contributed by atoms with Gasteiger partial charge in [-0.2, -0.15) is 5.10 Å². The molecule has 0 spiro atoms. The minimum atomic E-state index is 0.786. The van der Waals surface area contributed by atoms with Gasteiger partial charge in [0.1, 0.15) is 17.8 Å². The lowest BCUT2D eigenvalue weighted by Crippen LogP contribution is -1.94. The molecule has 92 valence electrons. The largest absolute Gasteiger partial charge is 0.346 e. The summed E-state index contributed by atoms with van der Waals surface area (Å²) in [7, 11) is 0. The van der Waals surface area contributed by atoms with Crippen molar-refractivity contribution in [2.75, 3.05) is 5.32 Å². The maximum Gasteiger partial charge on any atom is 0.143 e. The minimum Gasteiger partial charge on any atom is -0.346 e. The third-order valence-electron chi connectivity index (χ3n) is 3.06. The summed E-state index contributed by atoms with van der Waals surface area (Å²) in [6.07, 6.45) is 5.19. The molecule has 4 rings (SSSR count). The smallest absolute Gasteiger partial charge is 0.143 e. The van der Waals surface area contributed by atoms with Gasteiger partial charge in [-0.25, -0.2) is 9.97 Å². The van der Waals surface area contributed by atoms with Crippen molar-refractivity contribution >= 4 is 33.4 Å². The molecule has 0 unspecified atom stereocenters. The van der Waals surface area contributed by atoms with Crippen LogP contribution >= 0.6 is 0 Å². The number of anilines is 2. The second-order valence-corrected chi connectivity index (χ2v) is 4.26. The lowest BCUT2D eigenvalue weighted by molar-refractivity contribution is 1.12. The van der Waals surface area contributed by atoms with Crippen LogP contribution in [0.15, 0.2) is 43.0 Å². The number of H-pyrrole nitrogens is 2. The van der Waals surface area contributed by atoms with Crippen LogP contribution in [0, 0.1) is 0 Å². The summed E-state index contributed by atoms with van der Waals surface area (Å²) in [5, 5.41) is 12.3. The van der Waals surface area contributed by atoms with Crippen molar-refractivity contribution < 1.29 is 0 Å². The van der Waals surface area contributed by atoms with E-state index in [0.717, 1.165) is 33.4 Å². The maximum atomic E-state index is 4.28. The van der Waals surface area contributed by atoms with Crippen molar-refractivity contribution in [2.24, 2.45) is 0 Å². The second kappa shape index (κ2) is 3.81. The van der Waals surface area contributed by atoms with Crippen LogP contribution in [0.4, 0.5) is 11.5 Å². The Hall–Kier alpha value is -2.89. The highest BCUT2D eigenvalue weighted by Gasteiger charge is 2.05. The lowest BCUT2D eigenvalue weighted by Gasteiger charge is -2.06. The molecule has 0 radical (unpaired) electrons. The van der Waals surface area contributed by atoms with Crippen LogP contribution in [0.1, 0.15) is 0 Å². The number of aromatic nitrogens is 5. The van der Waals surface area contributed by atoms with Gasteiger partial charge in [0.15, 0.2) is 0 Å². The Labute approximate surface area is 107 Å². The van der Waals surface area contributed by atoms with E-state index in [1.54, 1.807) is 6.20 Å². The number of nitrogens with zero attached hydrogens (tertiary/aromatic N) is 3. The zero-order valence-corrected chi connectivity index (χ0v) is 9.88. The maximum absolute atomic E-state index is 4.28. The fourth-order valence-corrected chi connectivity index (χ4v) is 2.13. The van der Waals surface area contributed by atoms with E-state index in [-0.39, 0.29) is 0 Å². The summed E-state index contributed by atoms with van der Waals surface area (Å²) in [6.45, 7) is 0. The Morgan fingerprint density at radius 2 is 2.11 bits per heavy atom. The molecule has 0 fully saturated rings. The first-order valence-electron chi connectivity index (χ1n) is 5.88. The Bertz CT molecular complexity index is 859. The standard InChI is InChI=1S/C13H10N6/c1-2-11-8(6-17-19-11)5-9(1)18-13-10-3-4-14-12(10)15-7-16-13/h1-7H,(H,17,19)(H2,14,15,16,18). The Morgan fingerprint density at radius 3 is 3.11 bits per heavy atom. The van der Waals surface area contributed by atoms with E-state index >= 15 is 0 Å². The van der Waals surface area contributed by atoms with Gasteiger partial charge >= 0.3 is 0 Å². The summed E-state index contributed by atoms with van der Waals surface area (Å²) < 4.78 is 0. The van der Waals surface area contributed by atoms with Crippen molar-refractivity contribution in [1.29, 1.82) is 0 Å². The predicted molar refractivity (Wildman–Crippen MR) is 73.3 cm³/mol. The summed E-state index contributed by atoms with van der Waals surface area (Å²) >= 11 is 0. The van der Waals surface area contributed by atoms with E-state index < -0.39 is 0 Å². The molecule has 0 saturated heterocycles. The van der Waals surface area contributed by atoms with Gasteiger partial charge in [-0.1, -0.05) is 0 Å². The van der Waals surface area contributed by atoms with Crippen molar-refractivity contribution in [1.82, 2.24) is 25.1 Å². The normalized spacial score (nSPS) is 11.2. The molecule has 3 aromatic heterocycles. The lowest BCUT2D eigenvalue weighted by atomic mass is 10.2. The first-order valence-corrected chi connectivity index (χ1v) is 5.88. The second-order valence-electron chi connectivity index (χ2n) is 4.26. The summed E-state index contributed by atoms with van der Waals surface area (Å²) in [4.78, 5) is 11.5. The molecular formula is C13H10N6. The van der Waals surface area contributed by atoms with Crippen molar-refractivity contribution in [3.8, 4) is 0 Å². The van der Waals surface area contributed by atoms with Crippen LogP contribution in [0.25, 0.3) is 21.9 Å². The van der Waals surface area contributed by atoms with Gasteiger partial charge in [-0.3, -0.25) is 5.10 Å². The highest BCUT2D eigenvalue weighted by atomic mass is 15.1. The highest BCUT2D eigenvalue weighted by Crippen LogP contribution is 2.24. The molecule has 0 bridgehead atoms. The average Bonchev–Trinajstić information content (AvgIpc) is 3.06. The molecule has 3 heterocycles. The molecule has 0 aliphatic rings. The summed E-state index contributed by atoms with van der Waals surface area (Å²) in [6, 6.07) is 7.95. The quantitative estimate of drug-likeness (QED) is 0.510. The number of benzene rings is 1. The average molecular weight is 250 g/mol. The number of nitrogens with one attached hydrogen (secondary N) is 3. The molecular weight excluding hydrogens is 240 g/mol. The van der Waals surface area contributed by atoms with Crippen LogP contribution in [-0.4, -0.2) is 25.1 Å². The van der Waals surface area contributed by atoms with E-state index in [1.165, 1.54) is 6.33 Å². The van der Waals surface area contributed by atoms with Crippen LogP contribution in [0.5, 0.6) is 0 Å². The molecule has 6 nitrogen and oxygen atoms in total. The number of hydrogen-bond acceptors (Lipinski definition) is 4. The van der Waals surface area contributed by atoms with E-state index in [2.05, 4.69) is 30.5 Å². The van der Waals surface area contributed by atoms with Crippen molar-refractivity contribution in [3.05, 3.63) is 43.0 Å². The highest BCUT2D eigenvalue weighted by molar-refractivity contribution is 5.90. The van der Waals surface area contributed by atoms with Crippen molar-refractivity contribution in [2.45, 2.75) is 0 Å². The molecule has 0 aliphatic heterocycles. The van der Waals surface area contributed by atoms with Gasteiger partial charge < -0.3 is 10.3 Å². The fourth-order valence-electron chi connectivity index (χ4n) is 2.13. The fraction of sp³-hybridized carbons (Fsp3) is 0.